The monoisotopic (exact) mass is 279 g/mol. The maximum atomic E-state index is 6.12. The number of anilines is 1. The second-order valence-corrected chi connectivity index (χ2v) is 5.42. The molecule has 3 nitrogen and oxygen atoms in total. The Balaban J connectivity index is 2.11. The Labute approximate surface area is 116 Å². The first kappa shape index (κ1) is 13.2. The molecule has 1 aromatic carbocycles. The average Bonchev–Trinajstić information content (AvgIpc) is 2.26. The van der Waals surface area contributed by atoms with Crippen molar-refractivity contribution in [1.29, 1.82) is 0 Å². The molecule has 0 aliphatic rings. The number of nitrogens with zero attached hydrogens (tertiary/aromatic N) is 2. The first-order chi connectivity index (χ1) is 8.54. The number of hydrogen-bond donors (Lipinski definition) is 1. The summed E-state index contributed by atoms with van der Waals surface area (Å²) in [5, 5.41) is 1.47. The van der Waals surface area contributed by atoms with Crippen LogP contribution in [0.15, 0.2) is 29.4 Å². The standard InChI is InChI=1S/C13H14ClN3S/c1-8-5-9(2)17-13(16-8)18-7-10-3-4-11(15)6-12(10)14/h3-6H,7,15H2,1-2H3. The van der Waals surface area contributed by atoms with Crippen molar-refractivity contribution in [3.8, 4) is 0 Å². The minimum absolute atomic E-state index is 0.677. The van der Waals surface area contributed by atoms with Gasteiger partial charge in [0.25, 0.3) is 0 Å². The van der Waals surface area contributed by atoms with Crippen molar-refractivity contribution < 1.29 is 0 Å². The van der Waals surface area contributed by atoms with Gasteiger partial charge in [0.05, 0.1) is 0 Å². The number of aromatic nitrogens is 2. The first-order valence-electron chi connectivity index (χ1n) is 5.53. The van der Waals surface area contributed by atoms with Crippen molar-refractivity contribution in [2.75, 3.05) is 5.73 Å². The van der Waals surface area contributed by atoms with Crippen LogP contribution >= 0.6 is 23.4 Å². The molecule has 2 rings (SSSR count). The predicted octanol–water partition coefficient (Wildman–Crippen LogP) is 3.62. The minimum atomic E-state index is 0.677. The number of nitrogen functional groups attached to an aromatic ring is 1. The fourth-order valence-electron chi connectivity index (χ4n) is 1.58. The van der Waals surface area contributed by atoms with Crippen LogP contribution in [-0.2, 0) is 5.75 Å². The molecule has 0 spiro atoms. The van der Waals surface area contributed by atoms with Gasteiger partial charge < -0.3 is 5.73 Å². The van der Waals surface area contributed by atoms with Crippen LogP contribution in [0, 0.1) is 13.8 Å². The van der Waals surface area contributed by atoms with E-state index in [4.69, 9.17) is 17.3 Å². The maximum Gasteiger partial charge on any atom is 0.188 e. The molecule has 1 heterocycles. The molecule has 18 heavy (non-hydrogen) atoms. The number of nitrogens with two attached hydrogens (primary N) is 1. The van der Waals surface area contributed by atoms with E-state index >= 15 is 0 Å². The zero-order valence-corrected chi connectivity index (χ0v) is 11.8. The number of benzene rings is 1. The lowest BCUT2D eigenvalue weighted by Crippen LogP contribution is -1.94. The van der Waals surface area contributed by atoms with Gasteiger partial charge in [-0.25, -0.2) is 9.97 Å². The van der Waals surface area contributed by atoms with E-state index in [0.29, 0.717) is 10.7 Å². The van der Waals surface area contributed by atoms with Gasteiger partial charge in [-0.2, -0.15) is 0 Å². The van der Waals surface area contributed by atoms with Crippen molar-refractivity contribution >= 4 is 29.1 Å². The lowest BCUT2D eigenvalue weighted by molar-refractivity contribution is 0.902. The number of thioether (sulfide) groups is 1. The Morgan fingerprint density at radius 3 is 2.44 bits per heavy atom. The topological polar surface area (TPSA) is 51.8 Å². The molecule has 2 N–H and O–H groups in total. The highest BCUT2D eigenvalue weighted by atomic mass is 35.5. The molecule has 0 atom stereocenters. The summed E-state index contributed by atoms with van der Waals surface area (Å²) in [6, 6.07) is 7.51. The van der Waals surface area contributed by atoms with E-state index in [0.717, 1.165) is 27.9 Å². The summed E-state index contributed by atoms with van der Waals surface area (Å²) in [4.78, 5) is 8.76. The molecule has 0 unspecified atom stereocenters. The number of rotatable bonds is 3. The molecule has 1 aromatic heterocycles. The van der Waals surface area contributed by atoms with Crippen LogP contribution in [0.1, 0.15) is 17.0 Å². The second-order valence-electron chi connectivity index (χ2n) is 4.07. The summed E-state index contributed by atoms with van der Waals surface area (Å²) >= 11 is 7.70. The number of halogens is 1. The van der Waals surface area contributed by atoms with Crippen LogP contribution in [0.2, 0.25) is 5.02 Å². The van der Waals surface area contributed by atoms with Gasteiger partial charge in [-0.1, -0.05) is 29.4 Å². The Bertz CT molecular complexity index is 552. The maximum absolute atomic E-state index is 6.12. The average molecular weight is 280 g/mol. The molecule has 5 heteroatoms. The largest absolute Gasteiger partial charge is 0.399 e. The van der Waals surface area contributed by atoms with E-state index in [-0.39, 0.29) is 0 Å². The number of aryl methyl sites for hydroxylation is 2. The lowest BCUT2D eigenvalue weighted by atomic mass is 10.2. The third kappa shape index (κ3) is 3.37. The molecule has 0 amide bonds. The van der Waals surface area contributed by atoms with Gasteiger partial charge in [0.15, 0.2) is 5.16 Å². The minimum Gasteiger partial charge on any atom is -0.399 e. The smallest absolute Gasteiger partial charge is 0.188 e. The molecule has 94 valence electrons. The summed E-state index contributed by atoms with van der Waals surface area (Å²) in [7, 11) is 0. The van der Waals surface area contributed by atoms with Crippen LogP contribution < -0.4 is 5.73 Å². The molecule has 0 saturated carbocycles. The van der Waals surface area contributed by atoms with Gasteiger partial charge >= 0.3 is 0 Å². The Morgan fingerprint density at radius 2 is 1.83 bits per heavy atom. The summed E-state index contributed by atoms with van der Waals surface area (Å²) in [5.74, 6) is 0.738. The Morgan fingerprint density at radius 1 is 1.17 bits per heavy atom. The van der Waals surface area contributed by atoms with E-state index in [1.807, 2.05) is 32.0 Å². The molecule has 0 radical (unpaired) electrons. The molecule has 0 bridgehead atoms. The molecule has 0 saturated heterocycles. The van der Waals surface area contributed by atoms with E-state index in [9.17, 15) is 0 Å². The van der Waals surface area contributed by atoms with E-state index in [2.05, 4.69) is 9.97 Å². The van der Waals surface area contributed by atoms with Gasteiger partial charge in [0.2, 0.25) is 0 Å². The van der Waals surface area contributed by atoms with Crippen LogP contribution in [-0.4, -0.2) is 9.97 Å². The van der Waals surface area contributed by atoms with Crippen molar-refractivity contribution in [3.05, 3.63) is 46.2 Å². The molecular formula is C13H14ClN3S. The van der Waals surface area contributed by atoms with Crippen molar-refractivity contribution in [2.24, 2.45) is 0 Å². The van der Waals surface area contributed by atoms with Crippen LogP contribution in [0.5, 0.6) is 0 Å². The highest BCUT2D eigenvalue weighted by Crippen LogP contribution is 2.26. The second kappa shape index (κ2) is 5.59. The number of hydrogen-bond acceptors (Lipinski definition) is 4. The summed E-state index contributed by atoms with van der Waals surface area (Å²) in [6.07, 6.45) is 0. The van der Waals surface area contributed by atoms with Crippen LogP contribution in [0.4, 0.5) is 5.69 Å². The summed E-state index contributed by atoms with van der Waals surface area (Å²) in [5.41, 5.74) is 9.34. The molecule has 2 aromatic rings. The van der Waals surface area contributed by atoms with Crippen molar-refractivity contribution in [2.45, 2.75) is 24.8 Å². The van der Waals surface area contributed by atoms with Gasteiger partial charge in [-0.05, 0) is 37.6 Å². The van der Waals surface area contributed by atoms with Gasteiger partial charge in [0, 0.05) is 27.9 Å². The van der Waals surface area contributed by atoms with E-state index < -0.39 is 0 Å². The molecular weight excluding hydrogens is 266 g/mol. The molecule has 0 aliphatic carbocycles. The van der Waals surface area contributed by atoms with Gasteiger partial charge in [-0.3, -0.25) is 0 Å². The zero-order valence-electron chi connectivity index (χ0n) is 10.3. The highest BCUT2D eigenvalue weighted by molar-refractivity contribution is 7.98. The Kier molecular flexibility index (Phi) is 4.09. The Hall–Kier alpha value is -1.26. The SMILES string of the molecule is Cc1cc(C)nc(SCc2ccc(N)cc2Cl)n1. The third-order valence-corrected chi connectivity index (χ3v) is 3.64. The quantitative estimate of drug-likeness (QED) is 0.530. The van der Waals surface area contributed by atoms with Crippen LogP contribution in [0.3, 0.4) is 0 Å². The normalized spacial score (nSPS) is 10.6. The van der Waals surface area contributed by atoms with Gasteiger partial charge in [0.1, 0.15) is 0 Å². The molecule has 0 fully saturated rings. The zero-order chi connectivity index (χ0) is 13.1. The van der Waals surface area contributed by atoms with Crippen LogP contribution in [0.25, 0.3) is 0 Å². The van der Waals surface area contributed by atoms with Crippen molar-refractivity contribution in [3.63, 3.8) is 0 Å². The summed E-state index contributed by atoms with van der Waals surface area (Å²) in [6.45, 7) is 3.93. The van der Waals surface area contributed by atoms with E-state index in [1.165, 1.54) is 0 Å². The fraction of sp³-hybridized carbons (Fsp3) is 0.231. The summed E-state index contributed by atoms with van der Waals surface area (Å²) < 4.78 is 0. The molecule has 0 aliphatic heterocycles. The predicted molar refractivity (Wildman–Crippen MR) is 76.9 cm³/mol. The van der Waals surface area contributed by atoms with Crippen molar-refractivity contribution in [1.82, 2.24) is 9.97 Å². The van der Waals surface area contributed by atoms with E-state index in [1.54, 1.807) is 17.8 Å². The fourth-order valence-corrected chi connectivity index (χ4v) is 2.87. The third-order valence-electron chi connectivity index (χ3n) is 2.40. The lowest BCUT2D eigenvalue weighted by Gasteiger charge is -2.05. The van der Waals surface area contributed by atoms with Gasteiger partial charge in [-0.15, -0.1) is 0 Å². The highest BCUT2D eigenvalue weighted by Gasteiger charge is 2.05. The first-order valence-corrected chi connectivity index (χ1v) is 6.90.